The van der Waals surface area contributed by atoms with E-state index >= 15 is 0 Å². The van der Waals surface area contributed by atoms with Crippen molar-refractivity contribution in [3.05, 3.63) is 41.2 Å². The number of para-hydroxylation sites is 2. The first-order chi connectivity index (χ1) is 11.2. The van der Waals surface area contributed by atoms with E-state index in [1.54, 1.807) is 0 Å². The van der Waals surface area contributed by atoms with Crippen LogP contribution in [0.3, 0.4) is 0 Å². The predicted molar refractivity (Wildman–Crippen MR) is 90.8 cm³/mol. The Hall–Kier alpha value is -2.01. The average molecular weight is 315 g/mol. The van der Waals surface area contributed by atoms with Gasteiger partial charge >= 0.3 is 0 Å². The number of nitrogens with one attached hydrogen (secondary N) is 1. The minimum atomic E-state index is 0.104. The van der Waals surface area contributed by atoms with Gasteiger partial charge < -0.3 is 15.2 Å². The van der Waals surface area contributed by atoms with Crippen molar-refractivity contribution in [2.45, 2.75) is 39.8 Å². The van der Waals surface area contributed by atoms with Gasteiger partial charge in [0.1, 0.15) is 5.75 Å². The number of rotatable bonds is 8. The van der Waals surface area contributed by atoms with E-state index in [2.05, 4.69) is 10.4 Å². The Kier molecular flexibility index (Phi) is 4.86. The molecule has 2 N–H and O–H groups in total. The number of nitrogens with zero attached hydrogens (tertiary/aromatic N) is 2. The van der Waals surface area contributed by atoms with Gasteiger partial charge in [-0.15, -0.1) is 0 Å². The highest BCUT2D eigenvalue weighted by Crippen LogP contribution is 2.32. The van der Waals surface area contributed by atoms with Gasteiger partial charge in [0, 0.05) is 17.8 Å². The number of benzene rings is 1. The fourth-order valence-corrected chi connectivity index (χ4v) is 2.72. The first-order valence-corrected chi connectivity index (χ1v) is 8.28. The predicted octanol–water partition coefficient (Wildman–Crippen LogP) is 2.89. The van der Waals surface area contributed by atoms with Crippen LogP contribution in [0.1, 0.15) is 29.8 Å². The van der Waals surface area contributed by atoms with E-state index in [1.807, 2.05) is 42.8 Å². The summed E-state index contributed by atoms with van der Waals surface area (Å²) in [6.45, 7) is 6.20. The molecule has 0 spiro atoms. The highest BCUT2D eigenvalue weighted by Gasteiger charge is 2.22. The van der Waals surface area contributed by atoms with Crippen LogP contribution in [0.15, 0.2) is 24.3 Å². The SMILES string of the molecule is Cc1nn(CCO)c(C)c1CNc1ccccc1OCC1CC1. The Balaban J connectivity index is 1.68. The first-order valence-electron chi connectivity index (χ1n) is 8.28. The molecule has 1 aromatic heterocycles. The summed E-state index contributed by atoms with van der Waals surface area (Å²) in [5.41, 5.74) is 4.29. The zero-order valence-electron chi connectivity index (χ0n) is 13.9. The van der Waals surface area contributed by atoms with Crippen LogP contribution < -0.4 is 10.1 Å². The molecule has 1 aromatic carbocycles. The fourth-order valence-electron chi connectivity index (χ4n) is 2.72. The molecule has 2 aromatic rings. The lowest BCUT2D eigenvalue weighted by atomic mass is 10.2. The summed E-state index contributed by atoms with van der Waals surface area (Å²) >= 11 is 0. The lowest BCUT2D eigenvalue weighted by molar-refractivity contribution is 0.268. The third kappa shape index (κ3) is 3.85. The highest BCUT2D eigenvalue weighted by atomic mass is 16.5. The molecule has 0 aliphatic heterocycles. The van der Waals surface area contributed by atoms with Crippen LogP contribution in [0.5, 0.6) is 5.75 Å². The molecule has 3 rings (SSSR count). The maximum atomic E-state index is 9.10. The Labute approximate surface area is 137 Å². The first kappa shape index (κ1) is 15.9. The molecule has 5 heteroatoms. The molecule has 0 atom stereocenters. The van der Waals surface area contributed by atoms with Crippen molar-refractivity contribution in [2.24, 2.45) is 5.92 Å². The van der Waals surface area contributed by atoms with Crippen LogP contribution in [0.2, 0.25) is 0 Å². The minimum absolute atomic E-state index is 0.104. The molecular formula is C18H25N3O2. The zero-order chi connectivity index (χ0) is 16.2. The van der Waals surface area contributed by atoms with Gasteiger partial charge in [0.15, 0.2) is 0 Å². The van der Waals surface area contributed by atoms with Gasteiger partial charge in [-0.25, -0.2) is 0 Å². The molecular weight excluding hydrogens is 290 g/mol. The Morgan fingerprint density at radius 3 is 2.83 bits per heavy atom. The highest BCUT2D eigenvalue weighted by molar-refractivity contribution is 5.56. The van der Waals surface area contributed by atoms with Gasteiger partial charge in [0.2, 0.25) is 0 Å². The van der Waals surface area contributed by atoms with Crippen LogP contribution in [0, 0.1) is 19.8 Å². The van der Waals surface area contributed by atoms with Crippen LogP contribution in [-0.2, 0) is 13.1 Å². The molecule has 1 heterocycles. The lowest BCUT2D eigenvalue weighted by Gasteiger charge is -2.13. The van der Waals surface area contributed by atoms with Crippen molar-refractivity contribution in [1.82, 2.24) is 9.78 Å². The second-order valence-corrected chi connectivity index (χ2v) is 6.20. The molecule has 1 fully saturated rings. The quantitative estimate of drug-likeness (QED) is 0.786. The van der Waals surface area contributed by atoms with Crippen LogP contribution in [0.4, 0.5) is 5.69 Å². The molecule has 0 radical (unpaired) electrons. The van der Waals surface area contributed by atoms with E-state index in [4.69, 9.17) is 9.84 Å². The second kappa shape index (κ2) is 7.04. The topological polar surface area (TPSA) is 59.3 Å². The van der Waals surface area contributed by atoms with Crippen LogP contribution in [0.25, 0.3) is 0 Å². The molecule has 5 nitrogen and oxygen atoms in total. The molecule has 1 saturated carbocycles. The number of aromatic nitrogens is 2. The van der Waals surface area contributed by atoms with Gasteiger partial charge in [-0.05, 0) is 44.7 Å². The van der Waals surface area contributed by atoms with Gasteiger partial charge in [-0.3, -0.25) is 4.68 Å². The van der Waals surface area contributed by atoms with E-state index in [9.17, 15) is 0 Å². The maximum absolute atomic E-state index is 9.10. The van der Waals surface area contributed by atoms with E-state index in [0.717, 1.165) is 35.3 Å². The molecule has 23 heavy (non-hydrogen) atoms. The summed E-state index contributed by atoms with van der Waals surface area (Å²) in [7, 11) is 0. The minimum Gasteiger partial charge on any atom is -0.491 e. The number of aliphatic hydroxyl groups excluding tert-OH is 1. The summed E-state index contributed by atoms with van der Waals surface area (Å²) in [4.78, 5) is 0. The summed E-state index contributed by atoms with van der Waals surface area (Å²) in [5, 5.41) is 17.1. The third-order valence-electron chi connectivity index (χ3n) is 4.36. The van der Waals surface area contributed by atoms with Gasteiger partial charge in [0.25, 0.3) is 0 Å². The van der Waals surface area contributed by atoms with Crippen molar-refractivity contribution in [3.8, 4) is 5.75 Å². The maximum Gasteiger partial charge on any atom is 0.142 e. The second-order valence-electron chi connectivity index (χ2n) is 6.20. The normalized spacial score (nSPS) is 14.0. The molecule has 1 aliphatic rings. The van der Waals surface area contributed by atoms with Gasteiger partial charge in [0.05, 0.1) is 31.1 Å². The average Bonchev–Trinajstić information content (AvgIpc) is 3.33. The van der Waals surface area contributed by atoms with Crippen molar-refractivity contribution in [3.63, 3.8) is 0 Å². The molecule has 0 amide bonds. The van der Waals surface area contributed by atoms with Crippen molar-refractivity contribution in [2.75, 3.05) is 18.5 Å². The number of ether oxygens (including phenoxy) is 1. The standard InChI is InChI=1S/C18H25N3O2/c1-13-16(14(2)21(20-13)9-10-22)11-19-17-5-3-4-6-18(17)23-12-15-7-8-15/h3-6,15,19,22H,7-12H2,1-2H3. The Morgan fingerprint density at radius 2 is 2.09 bits per heavy atom. The fraction of sp³-hybridized carbons (Fsp3) is 0.500. The third-order valence-corrected chi connectivity index (χ3v) is 4.36. The smallest absolute Gasteiger partial charge is 0.142 e. The largest absolute Gasteiger partial charge is 0.491 e. The monoisotopic (exact) mass is 315 g/mol. The summed E-state index contributed by atoms with van der Waals surface area (Å²) in [5.74, 6) is 1.65. The number of hydrogen-bond acceptors (Lipinski definition) is 4. The Morgan fingerprint density at radius 1 is 1.30 bits per heavy atom. The molecule has 0 unspecified atom stereocenters. The molecule has 1 aliphatic carbocycles. The molecule has 0 bridgehead atoms. The Bertz CT molecular complexity index is 662. The van der Waals surface area contributed by atoms with Crippen molar-refractivity contribution < 1.29 is 9.84 Å². The van der Waals surface area contributed by atoms with E-state index in [1.165, 1.54) is 18.4 Å². The van der Waals surface area contributed by atoms with Gasteiger partial charge in [-0.1, -0.05) is 12.1 Å². The van der Waals surface area contributed by atoms with E-state index < -0.39 is 0 Å². The van der Waals surface area contributed by atoms with E-state index in [-0.39, 0.29) is 6.61 Å². The molecule has 124 valence electrons. The van der Waals surface area contributed by atoms with Crippen LogP contribution >= 0.6 is 0 Å². The van der Waals surface area contributed by atoms with E-state index in [0.29, 0.717) is 13.1 Å². The zero-order valence-corrected chi connectivity index (χ0v) is 13.9. The number of aryl methyl sites for hydroxylation is 1. The number of hydrogen-bond donors (Lipinski definition) is 2. The number of anilines is 1. The summed E-state index contributed by atoms with van der Waals surface area (Å²) in [6, 6.07) is 8.08. The lowest BCUT2D eigenvalue weighted by Crippen LogP contribution is -2.08. The number of aliphatic hydroxyl groups is 1. The van der Waals surface area contributed by atoms with Gasteiger partial charge in [-0.2, -0.15) is 5.10 Å². The molecule has 0 saturated heterocycles. The van der Waals surface area contributed by atoms with Crippen molar-refractivity contribution >= 4 is 5.69 Å². The summed E-state index contributed by atoms with van der Waals surface area (Å²) in [6.07, 6.45) is 2.58. The van der Waals surface area contributed by atoms with Crippen molar-refractivity contribution in [1.29, 1.82) is 0 Å². The summed E-state index contributed by atoms with van der Waals surface area (Å²) < 4.78 is 7.80. The van der Waals surface area contributed by atoms with Crippen LogP contribution in [-0.4, -0.2) is 28.1 Å².